The van der Waals surface area contributed by atoms with Crippen LogP contribution >= 0.6 is 23.5 Å². The van der Waals surface area contributed by atoms with Crippen molar-refractivity contribution in [2.24, 2.45) is 20.0 Å². The van der Waals surface area contributed by atoms with Crippen LogP contribution in [0.5, 0.6) is 0 Å². The van der Waals surface area contributed by atoms with Crippen molar-refractivity contribution in [2.45, 2.75) is 164 Å². The van der Waals surface area contributed by atoms with Gasteiger partial charge in [0.15, 0.2) is 0 Å². The van der Waals surface area contributed by atoms with Crippen LogP contribution < -0.4 is 19.9 Å². The van der Waals surface area contributed by atoms with Gasteiger partial charge < -0.3 is 19.9 Å². The van der Waals surface area contributed by atoms with Crippen LogP contribution in [0.2, 0.25) is 0 Å². The molecule has 0 radical (unpaired) electrons. The molecule has 0 aromatic carbocycles. The summed E-state index contributed by atoms with van der Waals surface area (Å²) in [6.45, 7) is 42.9. The van der Waals surface area contributed by atoms with E-state index in [1.807, 2.05) is 0 Å². The summed E-state index contributed by atoms with van der Waals surface area (Å²) in [7, 11) is 0. The number of aromatic nitrogens is 4. The SMILES string of the molecule is CCc1c(C)[n-]c(C=C2N=C(C)C(SC3=C(C)/C(=C/c4[n-]c(C)c(CC)c4C)N=C3C)=C2C)c1C.CCc1c(C)[n-]c(C=C2N=C(C)C(SC3=C(C)/C(=C/c4[n-]c(C)c(CC)c4C)N=C3C)=C2C)c1C.[Zn+2].[Zn+2]. The number of allylic oxidation sites excluding steroid dienone is 8. The molecule has 0 N–H and O–H groups in total. The molecule has 0 saturated carbocycles. The zero-order chi connectivity index (χ0) is 51.2. The first kappa shape index (κ1) is 58.6. The Morgan fingerprint density at radius 1 is 0.319 bits per heavy atom. The number of rotatable bonds is 12. The van der Waals surface area contributed by atoms with Crippen LogP contribution in [0.3, 0.4) is 0 Å². The molecule has 0 unspecified atom stereocenters. The number of aliphatic imine (C=N–C) groups is 4. The molecule has 4 aliphatic heterocycles. The second-order valence-corrected chi connectivity index (χ2v) is 21.1. The predicted molar refractivity (Wildman–Crippen MR) is 305 cm³/mol. The summed E-state index contributed by atoms with van der Waals surface area (Å²) < 4.78 is 0. The maximum Gasteiger partial charge on any atom is 2.00 e. The quantitative estimate of drug-likeness (QED) is 0.131. The fraction of sp³-hybridized carbons (Fsp3) is 0.400. The average molecular weight is 1100 g/mol. The molecule has 8 rings (SSSR count). The molecule has 8 nitrogen and oxygen atoms in total. The van der Waals surface area contributed by atoms with Crippen LogP contribution in [-0.4, -0.2) is 22.8 Å². The normalized spacial score (nSPS) is 18.1. The minimum Gasteiger partial charge on any atom is -0.661 e. The first-order valence-corrected chi connectivity index (χ1v) is 26.6. The van der Waals surface area contributed by atoms with Crippen molar-refractivity contribution in [2.75, 3.05) is 0 Å². The van der Waals surface area contributed by atoms with E-state index in [1.54, 1.807) is 23.5 Å². The third-order valence-corrected chi connectivity index (χ3v) is 17.8. The molecule has 4 aliphatic rings. The fourth-order valence-corrected chi connectivity index (χ4v) is 12.6. The zero-order valence-corrected chi connectivity index (χ0v) is 54.5. The van der Waals surface area contributed by atoms with Gasteiger partial charge in [0.1, 0.15) is 0 Å². The van der Waals surface area contributed by atoms with Gasteiger partial charge in [-0.2, -0.15) is 22.8 Å². The first-order chi connectivity index (χ1) is 33.1. The van der Waals surface area contributed by atoms with Gasteiger partial charge in [-0.25, -0.2) is 0 Å². The van der Waals surface area contributed by atoms with E-state index in [4.69, 9.17) is 39.9 Å². The van der Waals surface area contributed by atoms with Gasteiger partial charge in [-0.15, -0.1) is 22.8 Å². The second kappa shape index (κ2) is 23.9. The number of aryl methyl sites for hydroxylation is 4. The van der Waals surface area contributed by atoms with E-state index in [1.165, 1.54) is 86.4 Å². The summed E-state index contributed by atoms with van der Waals surface area (Å²) >= 11 is 3.57. The van der Waals surface area contributed by atoms with Crippen molar-refractivity contribution in [3.8, 4) is 0 Å². The molecule has 4 aromatic heterocycles. The molecule has 0 spiro atoms. The van der Waals surface area contributed by atoms with E-state index in [9.17, 15) is 0 Å². The van der Waals surface area contributed by atoms with E-state index < -0.39 is 0 Å². The van der Waals surface area contributed by atoms with E-state index in [-0.39, 0.29) is 39.0 Å². The summed E-state index contributed by atoms with van der Waals surface area (Å²) in [6.07, 6.45) is 12.6. The third kappa shape index (κ3) is 11.3. The molecule has 12 heteroatoms. The Balaban J connectivity index is 0.000000260. The molecule has 0 atom stereocenters. The van der Waals surface area contributed by atoms with Crippen molar-refractivity contribution >= 4 is 70.7 Å². The average Bonchev–Trinajstić information content (AvgIpc) is 4.15. The predicted octanol–water partition coefficient (Wildman–Crippen LogP) is 15.1. The van der Waals surface area contributed by atoms with Crippen molar-refractivity contribution in [3.05, 3.63) is 155 Å². The van der Waals surface area contributed by atoms with Crippen molar-refractivity contribution in [1.82, 2.24) is 19.9 Å². The van der Waals surface area contributed by atoms with E-state index in [2.05, 4.69) is 163 Å². The standard InChI is InChI=1S/2C30H36N4S.2Zn/c2*1-11-23-15(3)25(31-19(23)7)13-27-17(5)29(21(9)33-27)35-30-18(6)28(34-22(30)10)14-26-16(4)24(12-2)20(8)32-26;;/h2*13-14H,11-12H2,1-10H3;;/q2*-2;2*+2/b2*27-13-,28-14?;;. The smallest absolute Gasteiger partial charge is 0.661 e. The van der Waals surface area contributed by atoms with Crippen LogP contribution in [0.25, 0.3) is 24.3 Å². The molecule has 0 fully saturated rings. The maximum absolute atomic E-state index is 4.92. The number of hydrogen-bond donors (Lipinski definition) is 0. The maximum atomic E-state index is 4.92. The molecule has 8 heterocycles. The van der Waals surface area contributed by atoms with E-state index >= 15 is 0 Å². The summed E-state index contributed by atoms with van der Waals surface area (Å²) in [5.74, 6) is 0. The van der Waals surface area contributed by atoms with Gasteiger partial charge in [0.05, 0.1) is 45.6 Å². The molecule has 4 aromatic rings. The summed E-state index contributed by atoms with van der Waals surface area (Å²) in [6, 6.07) is 0. The van der Waals surface area contributed by atoms with Crippen LogP contribution in [-0.2, 0) is 64.6 Å². The minimum absolute atomic E-state index is 0. The topological polar surface area (TPSA) is 106 Å². The minimum atomic E-state index is 0. The van der Waals surface area contributed by atoms with Crippen molar-refractivity contribution in [3.63, 3.8) is 0 Å². The Hall–Kier alpha value is -4.33. The van der Waals surface area contributed by atoms with Gasteiger partial charge in [-0.05, 0) is 131 Å². The number of nitrogens with zero attached hydrogens (tertiary/aromatic N) is 8. The van der Waals surface area contributed by atoms with Crippen molar-refractivity contribution in [1.29, 1.82) is 0 Å². The molecular formula is C60H72N8S2Zn2. The Bertz CT molecular complexity index is 2810. The molecule has 72 heavy (non-hydrogen) atoms. The van der Waals surface area contributed by atoms with Gasteiger partial charge in [-0.3, -0.25) is 20.0 Å². The molecular weight excluding hydrogens is 1030 g/mol. The summed E-state index contributed by atoms with van der Waals surface area (Å²) in [4.78, 5) is 43.8. The zero-order valence-electron chi connectivity index (χ0n) is 46.9. The third-order valence-electron chi connectivity index (χ3n) is 14.5. The van der Waals surface area contributed by atoms with Gasteiger partial charge in [-0.1, -0.05) is 148 Å². The Kier molecular flexibility index (Phi) is 19.4. The van der Waals surface area contributed by atoms with Gasteiger partial charge in [0, 0.05) is 19.6 Å². The number of thioether (sulfide) groups is 2. The van der Waals surface area contributed by atoms with Gasteiger partial charge >= 0.3 is 39.0 Å². The van der Waals surface area contributed by atoms with Crippen LogP contribution in [0, 0.1) is 55.4 Å². The van der Waals surface area contributed by atoms with E-state index in [0.717, 1.165) is 117 Å². The van der Waals surface area contributed by atoms with Crippen LogP contribution in [0.15, 0.2) is 84.7 Å². The molecule has 0 aliphatic carbocycles. The summed E-state index contributed by atoms with van der Waals surface area (Å²) in [5.41, 5.74) is 32.2. The molecule has 368 valence electrons. The van der Waals surface area contributed by atoms with Gasteiger partial charge in [0.2, 0.25) is 0 Å². The number of hydrogen-bond acceptors (Lipinski definition) is 6. The molecule has 0 bridgehead atoms. The first-order valence-electron chi connectivity index (χ1n) is 24.9. The van der Waals surface area contributed by atoms with Crippen LogP contribution in [0.1, 0.15) is 173 Å². The second-order valence-electron chi connectivity index (χ2n) is 19.1. The van der Waals surface area contributed by atoms with Crippen LogP contribution in [0.4, 0.5) is 0 Å². The Morgan fingerprint density at radius 2 is 0.500 bits per heavy atom. The fourth-order valence-electron chi connectivity index (χ4n) is 10.4. The Labute approximate surface area is 465 Å². The van der Waals surface area contributed by atoms with Gasteiger partial charge in [0.25, 0.3) is 0 Å². The largest absolute Gasteiger partial charge is 2.00 e. The monoisotopic (exact) mass is 1100 g/mol. The van der Waals surface area contributed by atoms with E-state index in [0.29, 0.717) is 0 Å². The molecule has 0 amide bonds. The Morgan fingerprint density at radius 3 is 0.653 bits per heavy atom. The summed E-state index contributed by atoms with van der Waals surface area (Å²) in [5, 5.41) is 0. The van der Waals surface area contributed by atoms with Crippen molar-refractivity contribution < 1.29 is 39.0 Å². The molecule has 0 saturated heterocycles.